The van der Waals surface area contributed by atoms with Crippen LogP contribution in [0.5, 0.6) is 0 Å². The molecule has 0 radical (unpaired) electrons. The van der Waals surface area contributed by atoms with Crippen molar-refractivity contribution in [1.29, 1.82) is 0 Å². The number of hydrogen-bond donors (Lipinski definition) is 1. The minimum atomic E-state index is -0.778. The molecular formula is C46H84O5. The maximum atomic E-state index is 12.2. The molecule has 0 bridgehead atoms. The number of aliphatic hydroxyl groups is 1. The molecule has 0 amide bonds. The van der Waals surface area contributed by atoms with Crippen molar-refractivity contribution in [3.05, 3.63) is 36.5 Å². The van der Waals surface area contributed by atoms with Gasteiger partial charge in [-0.05, 0) is 51.4 Å². The molecule has 0 aliphatic rings. The Morgan fingerprint density at radius 2 is 0.784 bits per heavy atom. The van der Waals surface area contributed by atoms with E-state index >= 15 is 0 Å². The predicted molar refractivity (Wildman–Crippen MR) is 219 cm³/mol. The zero-order chi connectivity index (χ0) is 37.1. The van der Waals surface area contributed by atoms with E-state index in [1.54, 1.807) is 0 Å². The Hall–Kier alpha value is -1.88. The molecule has 0 heterocycles. The van der Waals surface area contributed by atoms with Gasteiger partial charge in [0.25, 0.3) is 0 Å². The van der Waals surface area contributed by atoms with Gasteiger partial charge in [0.15, 0.2) is 6.10 Å². The number of carbonyl (C=O) groups is 2. The summed E-state index contributed by atoms with van der Waals surface area (Å²) in [5, 5.41) is 9.58. The van der Waals surface area contributed by atoms with Crippen molar-refractivity contribution in [3.8, 4) is 0 Å². The molecule has 5 heteroatoms. The highest BCUT2D eigenvalue weighted by Crippen LogP contribution is 2.15. The number of hydrogen-bond acceptors (Lipinski definition) is 5. The summed E-state index contributed by atoms with van der Waals surface area (Å²) >= 11 is 0. The Kier molecular flexibility index (Phi) is 41.0. The zero-order valence-corrected chi connectivity index (χ0v) is 33.9. The summed E-state index contributed by atoms with van der Waals surface area (Å²) in [5.74, 6) is -0.607. The SMILES string of the molecule is CCCCC/C=C/C/C=C/C/C=C/CCCCCCC(=O)OC[C@H](CO)OC(=O)CCCCCCCCCCCCCCCCCCCCCC. The molecule has 0 aromatic carbocycles. The Morgan fingerprint density at radius 3 is 1.22 bits per heavy atom. The fourth-order valence-corrected chi connectivity index (χ4v) is 6.33. The lowest BCUT2D eigenvalue weighted by Gasteiger charge is -2.15. The van der Waals surface area contributed by atoms with Gasteiger partial charge in [0, 0.05) is 12.8 Å². The highest BCUT2D eigenvalue weighted by atomic mass is 16.6. The number of esters is 2. The van der Waals surface area contributed by atoms with E-state index in [-0.39, 0.29) is 25.2 Å². The predicted octanol–water partition coefficient (Wildman–Crippen LogP) is 14.0. The van der Waals surface area contributed by atoms with Crippen molar-refractivity contribution < 1.29 is 24.2 Å². The van der Waals surface area contributed by atoms with Crippen molar-refractivity contribution in [3.63, 3.8) is 0 Å². The maximum absolute atomic E-state index is 12.2. The van der Waals surface area contributed by atoms with Gasteiger partial charge in [-0.3, -0.25) is 9.59 Å². The lowest BCUT2D eigenvalue weighted by atomic mass is 10.0. The molecule has 0 unspecified atom stereocenters. The van der Waals surface area contributed by atoms with Crippen LogP contribution in [-0.4, -0.2) is 36.4 Å². The van der Waals surface area contributed by atoms with E-state index in [0.717, 1.165) is 64.2 Å². The summed E-state index contributed by atoms with van der Waals surface area (Å²) in [6, 6.07) is 0. The fraction of sp³-hybridized carbons (Fsp3) is 0.826. The average Bonchev–Trinajstić information content (AvgIpc) is 3.13. The molecule has 51 heavy (non-hydrogen) atoms. The first kappa shape index (κ1) is 49.1. The highest BCUT2D eigenvalue weighted by Gasteiger charge is 2.16. The maximum Gasteiger partial charge on any atom is 0.306 e. The van der Waals surface area contributed by atoms with Gasteiger partial charge in [0.2, 0.25) is 0 Å². The van der Waals surface area contributed by atoms with Crippen LogP contribution in [0.3, 0.4) is 0 Å². The summed E-state index contributed by atoms with van der Waals surface area (Å²) in [6.45, 7) is 4.11. The molecule has 0 spiro atoms. The minimum Gasteiger partial charge on any atom is -0.462 e. The number of unbranched alkanes of at least 4 members (excludes halogenated alkanes) is 26. The Labute approximate surface area is 316 Å². The monoisotopic (exact) mass is 717 g/mol. The van der Waals surface area contributed by atoms with Crippen LogP contribution >= 0.6 is 0 Å². The Bertz CT molecular complexity index is 816. The van der Waals surface area contributed by atoms with Crippen LogP contribution in [0.4, 0.5) is 0 Å². The largest absolute Gasteiger partial charge is 0.462 e. The number of rotatable bonds is 40. The fourth-order valence-electron chi connectivity index (χ4n) is 6.33. The van der Waals surface area contributed by atoms with E-state index in [0.29, 0.717) is 12.8 Å². The second-order valence-electron chi connectivity index (χ2n) is 14.8. The van der Waals surface area contributed by atoms with Gasteiger partial charge < -0.3 is 14.6 Å². The minimum absolute atomic E-state index is 0.0746. The molecule has 298 valence electrons. The second kappa shape index (κ2) is 42.5. The third kappa shape index (κ3) is 40.7. The lowest BCUT2D eigenvalue weighted by molar-refractivity contribution is -0.161. The van der Waals surface area contributed by atoms with Gasteiger partial charge in [-0.15, -0.1) is 0 Å². The van der Waals surface area contributed by atoms with Crippen LogP contribution in [0.2, 0.25) is 0 Å². The molecule has 0 aliphatic heterocycles. The average molecular weight is 717 g/mol. The second-order valence-corrected chi connectivity index (χ2v) is 14.8. The van der Waals surface area contributed by atoms with Crippen molar-refractivity contribution in [2.75, 3.05) is 13.2 Å². The first-order valence-corrected chi connectivity index (χ1v) is 22.0. The van der Waals surface area contributed by atoms with Crippen LogP contribution in [0, 0.1) is 0 Å². The van der Waals surface area contributed by atoms with Crippen LogP contribution in [0.25, 0.3) is 0 Å². The first-order valence-electron chi connectivity index (χ1n) is 22.0. The van der Waals surface area contributed by atoms with Gasteiger partial charge >= 0.3 is 11.9 Å². The summed E-state index contributed by atoms with van der Waals surface area (Å²) in [5.41, 5.74) is 0. The van der Waals surface area contributed by atoms with Crippen molar-refractivity contribution in [1.82, 2.24) is 0 Å². The molecule has 0 aliphatic carbocycles. The lowest BCUT2D eigenvalue weighted by Crippen LogP contribution is -2.28. The molecule has 0 saturated carbocycles. The van der Waals surface area contributed by atoms with Crippen LogP contribution in [0.15, 0.2) is 36.5 Å². The smallest absolute Gasteiger partial charge is 0.306 e. The van der Waals surface area contributed by atoms with Crippen molar-refractivity contribution >= 4 is 11.9 Å². The molecule has 0 fully saturated rings. The van der Waals surface area contributed by atoms with Crippen molar-refractivity contribution in [2.45, 2.75) is 232 Å². The number of aliphatic hydroxyl groups excluding tert-OH is 1. The van der Waals surface area contributed by atoms with Crippen LogP contribution < -0.4 is 0 Å². The first-order chi connectivity index (χ1) is 25.1. The molecule has 0 saturated heterocycles. The van der Waals surface area contributed by atoms with E-state index in [2.05, 4.69) is 50.3 Å². The normalized spacial score (nSPS) is 12.5. The molecule has 1 N–H and O–H groups in total. The summed E-state index contributed by atoms with van der Waals surface area (Å²) in [7, 11) is 0. The molecule has 1 atom stereocenters. The zero-order valence-electron chi connectivity index (χ0n) is 33.9. The topological polar surface area (TPSA) is 72.8 Å². The summed E-state index contributed by atoms with van der Waals surface area (Å²) < 4.78 is 10.6. The van der Waals surface area contributed by atoms with Gasteiger partial charge in [-0.25, -0.2) is 0 Å². The van der Waals surface area contributed by atoms with Crippen LogP contribution in [0.1, 0.15) is 226 Å². The molecule has 0 aromatic heterocycles. The third-order valence-corrected chi connectivity index (χ3v) is 9.69. The van der Waals surface area contributed by atoms with E-state index in [1.165, 1.54) is 135 Å². The van der Waals surface area contributed by atoms with Crippen molar-refractivity contribution in [2.24, 2.45) is 0 Å². The summed E-state index contributed by atoms with van der Waals surface area (Å²) in [4.78, 5) is 24.3. The quantitative estimate of drug-likeness (QED) is 0.0388. The number of carbonyl (C=O) groups excluding carboxylic acids is 2. The van der Waals surface area contributed by atoms with E-state index in [4.69, 9.17) is 9.47 Å². The highest BCUT2D eigenvalue weighted by molar-refractivity contribution is 5.70. The third-order valence-electron chi connectivity index (χ3n) is 9.69. The number of ether oxygens (including phenoxy) is 2. The standard InChI is InChI=1S/C46H84O5/c1-3-5-7-9-11-13-15-17-19-21-22-23-25-27-29-31-33-35-37-39-41-46(49)51-44(42-47)43-50-45(48)40-38-36-34-32-30-28-26-24-20-18-16-14-12-10-8-6-4-2/h12,14,18,20,26,28,44,47H,3-11,13,15-17,19,21-25,27,29-43H2,1-2H3/b14-12+,20-18+,28-26+/t44-/m0/s1. The Balaban J connectivity index is 3.54. The molecular weight excluding hydrogens is 633 g/mol. The van der Waals surface area contributed by atoms with Gasteiger partial charge in [0.05, 0.1) is 6.61 Å². The molecule has 5 nitrogen and oxygen atoms in total. The van der Waals surface area contributed by atoms with E-state index < -0.39 is 6.10 Å². The molecule has 0 aromatic rings. The molecule has 0 rings (SSSR count). The van der Waals surface area contributed by atoms with Crippen LogP contribution in [-0.2, 0) is 19.1 Å². The van der Waals surface area contributed by atoms with Gasteiger partial charge in [-0.2, -0.15) is 0 Å². The van der Waals surface area contributed by atoms with E-state index in [1.807, 2.05) is 0 Å². The Morgan fingerprint density at radius 1 is 0.451 bits per heavy atom. The number of allylic oxidation sites excluding steroid dienone is 6. The van der Waals surface area contributed by atoms with Gasteiger partial charge in [-0.1, -0.05) is 198 Å². The van der Waals surface area contributed by atoms with Gasteiger partial charge in [0.1, 0.15) is 6.61 Å². The summed E-state index contributed by atoms with van der Waals surface area (Å²) in [6.07, 6.45) is 52.1. The van der Waals surface area contributed by atoms with E-state index in [9.17, 15) is 14.7 Å².